The Bertz CT molecular complexity index is 3170. The monoisotopic (exact) mass is 739 g/mol. The lowest BCUT2D eigenvalue weighted by atomic mass is 9.67. The largest absolute Gasteiger partial charge is 0.310 e. The summed E-state index contributed by atoms with van der Waals surface area (Å²) in [4.78, 5) is 2.40. The molecule has 274 valence electrons. The Morgan fingerprint density at radius 2 is 0.914 bits per heavy atom. The van der Waals surface area contributed by atoms with Gasteiger partial charge in [-0.25, -0.2) is 0 Å². The van der Waals surface area contributed by atoms with Gasteiger partial charge >= 0.3 is 0 Å². The van der Waals surface area contributed by atoms with E-state index in [1.165, 1.54) is 88.0 Å². The van der Waals surface area contributed by atoms with Crippen LogP contribution < -0.4 is 4.90 Å². The smallest absolute Gasteiger partial charge is 0.0540 e. The maximum absolute atomic E-state index is 2.45. The molecule has 0 heterocycles. The average Bonchev–Trinajstić information content (AvgIpc) is 3.28. The molecule has 1 nitrogen and oxygen atoms in total. The fourth-order valence-corrected chi connectivity index (χ4v) is 9.46. The average molecular weight is 740 g/mol. The van der Waals surface area contributed by atoms with E-state index >= 15 is 0 Å². The highest BCUT2D eigenvalue weighted by atomic mass is 15.1. The van der Waals surface area contributed by atoms with Crippen LogP contribution in [0.2, 0.25) is 0 Å². The molecular weight excluding hydrogens is 699 g/mol. The van der Waals surface area contributed by atoms with E-state index in [9.17, 15) is 0 Å². The quantitative estimate of drug-likeness (QED) is 0.164. The van der Waals surface area contributed by atoms with Crippen molar-refractivity contribution in [2.45, 2.75) is 19.3 Å². The molecule has 1 aliphatic rings. The van der Waals surface area contributed by atoms with Crippen molar-refractivity contribution in [2.75, 3.05) is 4.90 Å². The summed E-state index contributed by atoms with van der Waals surface area (Å²) < 4.78 is 0. The molecular formula is C57H41N. The first kappa shape index (κ1) is 34.1. The highest BCUT2D eigenvalue weighted by Crippen LogP contribution is 2.53. The number of rotatable bonds is 6. The van der Waals surface area contributed by atoms with Crippen molar-refractivity contribution < 1.29 is 0 Å². The van der Waals surface area contributed by atoms with Crippen LogP contribution in [0.5, 0.6) is 0 Å². The van der Waals surface area contributed by atoms with Gasteiger partial charge < -0.3 is 4.90 Å². The van der Waals surface area contributed by atoms with Crippen LogP contribution in [-0.2, 0) is 5.41 Å². The molecule has 11 rings (SSSR count). The van der Waals surface area contributed by atoms with Gasteiger partial charge in [0.25, 0.3) is 0 Å². The minimum Gasteiger partial charge on any atom is -0.310 e. The van der Waals surface area contributed by atoms with Crippen LogP contribution in [-0.4, -0.2) is 0 Å². The zero-order chi connectivity index (χ0) is 38.8. The first-order valence-corrected chi connectivity index (χ1v) is 20.3. The second-order valence-corrected chi connectivity index (χ2v) is 16.1. The molecule has 0 aromatic heterocycles. The van der Waals surface area contributed by atoms with Gasteiger partial charge in [0.05, 0.1) is 5.69 Å². The Labute approximate surface area is 340 Å². The van der Waals surface area contributed by atoms with Crippen molar-refractivity contribution in [3.63, 3.8) is 0 Å². The first-order chi connectivity index (χ1) is 28.5. The number of anilines is 3. The number of nitrogens with zero attached hydrogens (tertiary/aromatic N) is 1. The second-order valence-electron chi connectivity index (χ2n) is 16.1. The summed E-state index contributed by atoms with van der Waals surface area (Å²) in [5.41, 5.74) is 16.0. The standard InChI is InChI=1S/C57H41N/c1-57(2)52-35-29-46(45-23-22-39-14-6-7-16-44(39)36-45)37-51(52)56-50(34-28-43-18-10-20-53(57)55(43)56)42-26-32-48(33-27-42)58(54-21-11-17-41-15-8-9-19-49(41)54)47-30-24-40(25-31-47)38-12-4-3-5-13-38/h3-37H,1-2H3. The number of hydrogen-bond acceptors (Lipinski definition) is 1. The summed E-state index contributed by atoms with van der Waals surface area (Å²) in [6, 6.07) is 78.2. The van der Waals surface area contributed by atoms with Gasteiger partial charge in [-0.05, 0) is 125 Å². The molecule has 0 saturated heterocycles. The van der Waals surface area contributed by atoms with Gasteiger partial charge in [0, 0.05) is 22.2 Å². The van der Waals surface area contributed by atoms with Gasteiger partial charge in [0.15, 0.2) is 0 Å². The SMILES string of the molecule is CC1(C)c2ccc(-c3ccc4ccccc4c3)cc2-c2c(-c3ccc(N(c4ccc(-c5ccccc5)cc4)c4cccc5ccccc45)cc3)ccc3cccc1c23. The predicted molar refractivity (Wildman–Crippen MR) is 248 cm³/mol. The normalized spacial score (nSPS) is 12.8. The van der Waals surface area contributed by atoms with Gasteiger partial charge in [-0.1, -0.05) is 184 Å². The van der Waals surface area contributed by atoms with Gasteiger partial charge in [-0.15, -0.1) is 0 Å². The summed E-state index contributed by atoms with van der Waals surface area (Å²) in [6.45, 7) is 4.77. The molecule has 10 aromatic rings. The molecule has 1 aliphatic carbocycles. The topological polar surface area (TPSA) is 3.24 Å². The minimum absolute atomic E-state index is 0.152. The van der Waals surface area contributed by atoms with Gasteiger partial charge in [-0.2, -0.15) is 0 Å². The molecule has 0 spiro atoms. The van der Waals surface area contributed by atoms with Gasteiger partial charge in [-0.3, -0.25) is 0 Å². The van der Waals surface area contributed by atoms with E-state index in [2.05, 4.69) is 231 Å². The summed E-state index contributed by atoms with van der Waals surface area (Å²) in [5.74, 6) is 0. The predicted octanol–water partition coefficient (Wildman–Crippen LogP) is 15.9. The Morgan fingerprint density at radius 1 is 0.345 bits per heavy atom. The molecule has 0 fully saturated rings. The van der Waals surface area contributed by atoms with Crippen molar-refractivity contribution in [3.8, 4) is 44.5 Å². The molecule has 1 heteroatoms. The van der Waals surface area contributed by atoms with Crippen molar-refractivity contribution in [3.05, 3.63) is 223 Å². The molecule has 0 N–H and O–H groups in total. The van der Waals surface area contributed by atoms with Crippen molar-refractivity contribution in [1.82, 2.24) is 0 Å². The highest BCUT2D eigenvalue weighted by molar-refractivity contribution is 6.10. The lowest BCUT2D eigenvalue weighted by Crippen LogP contribution is -2.24. The van der Waals surface area contributed by atoms with E-state index in [0.29, 0.717) is 0 Å². The van der Waals surface area contributed by atoms with E-state index in [1.807, 2.05) is 0 Å². The number of fused-ring (bicyclic) bond motifs is 4. The third-order valence-corrected chi connectivity index (χ3v) is 12.4. The molecule has 0 saturated carbocycles. The van der Waals surface area contributed by atoms with Crippen LogP contribution in [0.4, 0.5) is 17.1 Å². The summed E-state index contributed by atoms with van der Waals surface area (Å²) in [5, 5.41) is 7.60. The van der Waals surface area contributed by atoms with Crippen LogP contribution in [0.3, 0.4) is 0 Å². The number of hydrogen-bond donors (Lipinski definition) is 0. The van der Waals surface area contributed by atoms with Gasteiger partial charge in [0.1, 0.15) is 0 Å². The van der Waals surface area contributed by atoms with Crippen LogP contribution in [0.1, 0.15) is 25.0 Å². The van der Waals surface area contributed by atoms with Crippen LogP contribution >= 0.6 is 0 Å². The Balaban J connectivity index is 1.07. The number of benzene rings is 10. The van der Waals surface area contributed by atoms with Crippen molar-refractivity contribution in [1.29, 1.82) is 0 Å². The van der Waals surface area contributed by atoms with Crippen molar-refractivity contribution >= 4 is 49.4 Å². The van der Waals surface area contributed by atoms with Crippen LogP contribution in [0, 0.1) is 0 Å². The lowest BCUT2D eigenvalue weighted by molar-refractivity contribution is 0.645. The Hall–Kier alpha value is -7.22. The fourth-order valence-electron chi connectivity index (χ4n) is 9.46. The molecule has 0 radical (unpaired) electrons. The molecule has 0 atom stereocenters. The molecule has 0 bridgehead atoms. The van der Waals surface area contributed by atoms with E-state index in [0.717, 1.165) is 17.1 Å². The first-order valence-electron chi connectivity index (χ1n) is 20.3. The molecule has 58 heavy (non-hydrogen) atoms. The lowest BCUT2D eigenvalue weighted by Gasteiger charge is -2.36. The maximum Gasteiger partial charge on any atom is 0.0540 e. The Kier molecular flexibility index (Phi) is 7.91. The van der Waals surface area contributed by atoms with E-state index < -0.39 is 0 Å². The summed E-state index contributed by atoms with van der Waals surface area (Å²) >= 11 is 0. The molecule has 0 unspecified atom stereocenters. The van der Waals surface area contributed by atoms with Gasteiger partial charge in [0.2, 0.25) is 0 Å². The zero-order valence-corrected chi connectivity index (χ0v) is 32.7. The summed E-state index contributed by atoms with van der Waals surface area (Å²) in [6.07, 6.45) is 0. The van der Waals surface area contributed by atoms with Crippen molar-refractivity contribution in [2.24, 2.45) is 0 Å². The van der Waals surface area contributed by atoms with Crippen LogP contribution in [0.25, 0.3) is 76.8 Å². The highest BCUT2D eigenvalue weighted by Gasteiger charge is 2.35. The Morgan fingerprint density at radius 3 is 1.71 bits per heavy atom. The third-order valence-electron chi connectivity index (χ3n) is 12.4. The maximum atomic E-state index is 2.45. The molecule has 0 aliphatic heterocycles. The molecule has 10 aromatic carbocycles. The van der Waals surface area contributed by atoms with E-state index in [-0.39, 0.29) is 5.41 Å². The summed E-state index contributed by atoms with van der Waals surface area (Å²) in [7, 11) is 0. The van der Waals surface area contributed by atoms with E-state index in [4.69, 9.17) is 0 Å². The van der Waals surface area contributed by atoms with Crippen LogP contribution in [0.15, 0.2) is 212 Å². The second kappa shape index (κ2) is 13.5. The molecule has 0 amide bonds. The fraction of sp³-hybridized carbons (Fsp3) is 0.0526. The van der Waals surface area contributed by atoms with E-state index in [1.54, 1.807) is 0 Å². The third kappa shape index (κ3) is 5.54. The zero-order valence-electron chi connectivity index (χ0n) is 32.7. The minimum atomic E-state index is -0.152.